The van der Waals surface area contributed by atoms with Crippen LogP contribution in [0.2, 0.25) is 0 Å². The Balaban J connectivity index is 1.70. The molecule has 2 aromatic heterocycles. The molecule has 0 spiro atoms. The van der Waals surface area contributed by atoms with Crippen LogP contribution in [-0.4, -0.2) is 58.2 Å². The highest BCUT2D eigenvalue weighted by atomic mass is 19.1. The highest BCUT2D eigenvalue weighted by Gasteiger charge is 2.45. The second-order valence-corrected chi connectivity index (χ2v) is 9.80. The van der Waals surface area contributed by atoms with Crippen LogP contribution >= 0.6 is 0 Å². The third-order valence-corrected chi connectivity index (χ3v) is 7.72. The van der Waals surface area contributed by atoms with Gasteiger partial charge in [0.05, 0.1) is 29.0 Å². The number of fused-ring (bicyclic) bond motifs is 5. The topological polar surface area (TPSA) is 111 Å². The molecular weight excluding hydrogens is 493 g/mol. The lowest BCUT2D eigenvalue weighted by molar-refractivity contribution is -0.172. The van der Waals surface area contributed by atoms with Crippen molar-refractivity contribution in [3.05, 3.63) is 62.2 Å². The third-order valence-electron chi connectivity index (χ3n) is 7.72. The van der Waals surface area contributed by atoms with Crippen molar-refractivity contribution in [2.45, 2.75) is 52.4 Å². The van der Waals surface area contributed by atoms with Gasteiger partial charge in [-0.25, -0.2) is 14.2 Å². The zero-order valence-electron chi connectivity index (χ0n) is 21.9. The number of methoxy groups -OCH3 is 1. The quantitative estimate of drug-likeness (QED) is 0.371. The Hall–Kier alpha value is -3.63. The molecule has 1 atom stereocenters. The minimum Gasteiger partial charge on any atom is -0.458 e. The van der Waals surface area contributed by atoms with Crippen molar-refractivity contribution < 1.29 is 28.6 Å². The van der Waals surface area contributed by atoms with E-state index in [4.69, 9.17) is 14.5 Å². The Labute approximate surface area is 218 Å². The van der Waals surface area contributed by atoms with Gasteiger partial charge in [0.1, 0.15) is 19.0 Å². The molecule has 9 nitrogen and oxygen atoms in total. The summed E-state index contributed by atoms with van der Waals surface area (Å²) < 4.78 is 26.3. The van der Waals surface area contributed by atoms with Gasteiger partial charge < -0.3 is 24.0 Å². The molecule has 0 radical (unpaired) electrons. The van der Waals surface area contributed by atoms with Crippen LogP contribution in [-0.2, 0) is 44.2 Å². The van der Waals surface area contributed by atoms with Crippen molar-refractivity contribution in [2.24, 2.45) is 0 Å². The van der Waals surface area contributed by atoms with E-state index in [0.29, 0.717) is 42.0 Å². The first-order chi connectivity index (χ1) is 18.1. The number of aromatic nitrogens is 2. The molecule has 0 aliphatic carbocycles. The lowest BCUT2D eigenvalue weighted by atomic mass is 9.86. The SMILES string of the molecule is CCN(CCc1c2c(nc3cc(F)c(C)cc13)-c1cc3c(c(=O)n1C2)COC(=O)[C@]3(O)CC)C(=O)COC. The van der Waals surface area contributed by atoms with E-state index in [0.717, 1.165) is 16.5 Å². The first-order valence-corrected chi connectivity index (χ1v) is 12.7. The summed E-state index contributed by atoms with van der Waals surface area (Å²) in [5.41, 5.74) is 1.68. The van der Waals surface area contributed by atoms with E-state index in [1.54, 1.807) is 35.4 Å². The number of cyclic esters (lactones) is 1. The second-order valence-electron chi connectivity index (χ2n) is 9.80. The Morgan fingerprint density at radius 2 is 2.03 bits per heavy atom. The molecule has 0 fully saturated rings. The molecule has 2 aliphatic rings. The summed E-state index contributed by atoms with van der Waals surface area (Å²) in [5, 5.41) is 11.9. The van der Waals surface area contributed by atoms with Gasteiger partial charge in [-0.05, 0) is 49.9 Å². The Bertz CT molecular complexity index is 1550. The maximum absolute atomic E-state index is 14.6. The smallest absolute Gasteiger partial charge is 0.343 e. The van der Waals surface area contributed by atoms with E-state index in [1.807, 2.05) is 6.92 Å². The third kappa shape index (κ3) is 3.90. The molecule has 0 saturated heterocycles. The largest absolute Gasteiger partial charge is 0.458 e. The standard InChI is InChI=1S/C28H30FN3O6/c1-5-28(36)20-10-23-25-18(12-32(23)26(34)19(20)13-38-27(28)35)16(7-8-31(6-2)24(33)14-37-4)17-9-15(3)21(29)11-22(17)30-25/h9-11,36H,5-8,12-14H2,1-4H3/t28-/m0/s1. The maximum atomic E-state index is 14.6. The molecular formula is C28H30FN3O6. The molecule has 2 aliphatic heterocycles. The van der Waals surface area contributed by atoms with E-state index in [-0.39, 0.29) is 48.8 Å². The minimum atomic E-state index is -1.93. The number of aliphatic hydroxyl groups is 1. The first kappa shape index (κ1) is 26.0. The van der Waals surface area contributed by atoms with Crippen molar-refractivity contribution in [2.75, 3.05) is 26.8 Å². The zero-order chi connectivity index (χ0) is 27.4. The summed E-state index contributed by atoms with van der Waals surface area (Å²) in [4.78, 5) is 45.0. The highest BCUT2D eigenvalue weighted by molar-refractivity contribution is 5.89. The Kier molecular flexibility index (Phi) is 6.56. The predicted molar refractivity (Wildman–Crippen MR) is 137 cm³/mol. The van der Waals surface area contributed by atoms with Crippen LogP contribution in [0.3, 0.4) is 0 Å². The second kappa shape index (κ2) is 9.59. The average Bonchev–Trinajstić information content (AvgIpc) is 3.26. The fourth-order valence-corrected chi connectivity index (χ4v) is 5.50. The molecule has 200 valence electrons. The van der Waals surface area contributed by atoms with Crippen molar-refractivity contribution in [3.63, 3.8) is 0 Å². The summed E-state index contributed by atoms with van der Waals surface area (Å²) in [7, 11) is 1.47. The van der Waals surface area contributed by atoms with Crippen LogP contribution in [0.4, 0.5) is 4.39 Å². The zero-order valence-corrected chi connectivity index (χ0v) is 21.9. The normalized spacial score (nSPS) is 17.7. The van der Waals surface area contributed by atoms with E-state index in [1.165, 1.54) is 13.2 Å². The monoisotopic (exact) mass is 523 g/mol. The Morgan fingerprint density at radius 3 is 2.71 bits per heavy atom. The molecule has 5 rings (SSSR count). The van der Waals surface area contributed by atoms with Gasteiger partial charge in [0, 0.05) is 42.8 Å². The number of esters is 1. The molecule has 1 amide bonds. The number of hydrogen-bond donors (Lipinski definition) is 1. The van der Waals surface area contributed by atoms with Gasteiger partial charge in [-0.1, -0.05) is 6.92 Å². The average molecular weight is 524 g/mol. The van der Waals surface area contributed by atoms with Crippen LogP contribution < -0.4 is 5.56 Å². The van der Waals surface area contributed by atoms with Crippen LogP contribution in [0.15, 0.2) is 23.0 Å². The molecule has 38 heavy (non-hydrogen) atoms. The van der Waals surface area contributed by atoms with Crippen molar-refractivity contribution >= 4 is 22.8 Å². The summed E-state index contributed by atoms with van der Waals surface area (Å²) >= 11 is 0. The van der Waals surface area contributed by atoms with Gasteiger partial charge in [-0.15, -0.1) is 0 Å². The van der Waals surface area contributed by atoms with Crippen LogP contribution in [0.25, 0.3) is 22.3 Å². The van der Waals surface area contributed by atoms with Gasteiger partial charge in [0.15, 0.2) is 5.60 Å². The number of amides is 1. The van der Waals surface area contributed by atoms with Crippen LogP contribution in [0.5, 0.6) is 0 Å². The Morgan fingerprint density at radius 1 is 1.26 bits per heavy atom. The molecule has 0 bridgehead atoms. The van der Waals surface area contributed by atoms with Crippen molar-refractivity contribution in [3.8, 4) is 11.4 Å². The number of ether oxygens (including phenoxy) is 2. The van der Waals surface area contributed by atoms with Crippen LogP contribution in [0.1, 0.15) is 48.1 Å². The lowest BCUT2D eigenvalue weighted by Crippen LogP contribution is -2.44. The fraction of sp³-hybridized carbons (Fsp3) is 0.429. The number of halogens is 1. The van der Waals surface area contributed by atoms with Gasteiger partial charge in [-0.3, -0.25) is 9.59 Å². The molecule has 0 unspecified atom stereocenters. The van der Waals surface area contributed by atoms with Crippen molar-refractivity contribution in [1.29, 1.82) is 0 Å². The van der Waals surface area contributed by atoms with E-state index >= 15 is 0 Å². The fourth-order valence-electron chi connectivity index (χ4n) is 5.50. The highest BCUT2D eigenvalue weighted by Crippen LogP contribution is 2.40. The first-order valence-electron chi connectivity index (χ1n) is 12.7. The summed E-state index contributed by atoms with van der Waals surface area (Å²) in [6.07, 6.45) is 0.497. The summed E-state index contributed by atoms with van der Waals surface area (Å²) in [6, 6.07) is 4.76. The summed E-state index contributed by atoms with van der Waals surface area (Å²) in [6.45, 7) is 6.10. The molecule has 10 heteroatoms. The van der Waals surface area contributed by atoms with Gasteiger partial charge >= 0.3 is 5.97 Å². The number of benzene rings is 1. The number of pyridine rings is 2. The number of rotatable bonds is 7. The maximum Gasteiger partial charge on any atom is 0.343 e. The number of likely N-dealkylation sites (N-methyl/N-ethyl adjacent to an activating group) is 1. The number of aryl methyl sites for hydroxylation is 1. The van der Waals surface area contributed by atoms with Gasteiger partial charge in [0.25, 0.3) is 5.56 Å². The summed E-state index contributed by atoms with van der Waals surface area (Å²) in [5.74, 6) is -1.33. The minimum absolute atomic E-state index is 0.0269. The van der Waals surface area contributed by atoms with E-state index in [2.05, 4.69) is 0 Å². The number of carbonyl (C=O) groups excluding carboxylic acids is 2. The molecule has 3 aromatic rings. The number of nitrogens with zero attached hydrogens (tertiary/aromatic N) is 3. The predicted octanol–water partition coefficient (Wildman–Crippen LogP) is 2.56. The number of carbonyl (C=O) groups is 2. The molecule has 0 saturated carbocycles. The molecule has 1 aromatic carbocycles. The molecule has 4 heterocycles. The number of hydrogen-bond acceptors (Lipinski definition) is 7. The molecule has 1 N–H and O–H groups in total. The van der Waals surface area contributed by atoms with Crippen molar-refractivity contribution in [1.82, 2.24) is 14.5 Å². The van der Waals surface area contributed by atoms with E-state index < -0.39 is 17.4 Å². The lowest BCUT2D eigenvalue weighted by Gasteiger charge is -2.31. The van der Waals surface area contributed by atoms with Gasteiger partial charge in [0.2, 0.25) is 5.91 Å². The van der Waals surface area contributed by atoms with E-state index in [9.17, 15) is 23.9 Å². The van der Waals surface area contributed by atoms with Gasteiger partial charge in [-0.2, -0.15) is 0 Å². The van der Waals surface area contributed by atoms with Crippen LogP contribution in [0, 0.1) is 12.7 Å².